The Kier molecular flexibility index (Phi) is 10.1. The summed E-state index contributed by atoms with van der Waals surface area (Å²) in [6.07, 6.45) is 8.32. The van der Waals surface area contributed by atoms with E-state index in [4.69, 9.17) is 0 Å². The molecule has 77 heavy (non-hydrogen) atoms. The molecule has 4 fully saturated rings. The predicted molar refractivity (Wildman–Crippen MR) is 321 cm³/mol. The van der Waals surface area contributed by atoms with Gasteiger partial charge in [-0.15, -0.1) is 0 Å². The second-order valence-electron chi connectivity index (χ2n) is 23.0. The van der Waals surface area contributed by atoms with E-state index in [2.05, 4.69) is 270 Å². The van der Waals surface area contributed by atoms with Gasteiger partial charge in [-0.2, -0.15) is 0 Å². The van der Waals surface area contributed by atoms with E-state index < -0.39 is 5.41 Å². The first-order valence-corrected chi connectivity index (χ1v) is 28.1. The number of para-hydroxylation sites is 3. The molecule has 1 heterocycles. The summed E-state index contributed by atoms with van der Waals surface area (Å²) in [4.78, 5) is 2.56. The van der Waals surface area contributed by atoms with Gasteiger partial charge in [0.25, 0.3) is 0 Å². The quantitative estimate of drug-likeness (QED) is 0.140. The van der Waals surface area contributed by atoms with Crippen LogP contribution in [0.4, 0.5) is 17.1 Å². The average molecular weight is 987 g/mol. The zero-order valence-electron chi connectivity index (χ0n) is 43.2. The van der Waals surface area contributed by atoms with E-state index in [0.717, 1.165) is 40.5 Å². The molecule has 5 aliphatic carbocycles. The molecule has 12 aromatic rings. The predicted octanol–water partition coefficient (Wildman–Crippen LogP) is 19.6. The van der Waals surface area contributed by atoms with Gasteiger partial charge in [0.15, 0.2) is 0 Å². The number of fused-ring (bicyclic) bond motifs is 7. The highest BCUT2D eigenvalue weighted by molar-refractivity contribution is 6.10. The Morgan fingerprint density at radius 2 is 0.883 bits per heavy atom. The Hall–Kier alpha value is -8.72. The summed E-state index contributed by atoms with van der Waals surface area (Å²) in [7, 11) is 0. The van der Waals surface area contributed by atoms with Crippen molar-refractivity contribution in [2.45, 2.75) is 49.4 Å². The van der Waals surface area contributed by atoms with Crippen molar-refractivity contribution < 1.29 is 0 Å². The SMILES string of the molecule is c1ccc(-c2cccc3cccc(-c4ccccc4N(c4cccc(-n5c6ccccc6c6ccccc65)c4)c4ccc5c(c4)C(c4ccccc4)(c4ccccc4)c4cc(C67CC8CC(CC(C8)C6)C7)ccc4-5)c23)cc1. The van der Waals surface area contributed by atoms with Crippen molar-refractivity contribution in [2.24, 2.45) is 17.8 Å². The first-order valence-electron chi connectivity index (χ1n) is 28.1. The molecule has 0 radical (unpaired) electrons. The van der Waals surface area contributed by atoms with Crippen LogP contribution in [0.15, 0.2) is 261 Å². The maximum Gasteiger partial charge on any atom is 0.0714 e. The zero-order valence-corrected chi connectivity index (χ0v) is 43.2. The summed E-state index contributed by atoms with van der Waals surface area (Å²) in [5, 5.41) is 4.98. The number of anilines is 3. The fraction of sp³-hybridized carbons (Fsp3) is 0.147. The largest absolute Gasteiger partial charge is 0.310 e. The highest BCUT2D eigenvalue weighted by atomic mass is 15.1. The van der Waals surface area contributed by atoms with Gasteiger partial charge in [0, 0.05) is 33.4 Å². The van der Waals surface area contributed by atoms with Crippen molar-refractivity contribution in [3.05, 3.63) is 289 Å². The Balaban J connectivity index is 0.959. The molecule has 11 aromatic carbocycles. The minimum absolute atomic E-state index is 0.257. The number of hydrogen-bond donors (Lipinski definition) is 0. The highest BCUT2D eigenvalue weighted by Crippen LogP contribution is 2.63. The summed E-state index contributed by atoms with van der Waals surface area (Å²) in [6.45, 7) is 0. The molecule has 4 bridgehead atoms. The molecule has 2 nitrogen and oxygen atoms in total. The van der Waals surface area contributed by atoms with Crippen molar-refractivity contribution in [3.63, 3.8) is 0 Å². The minimum Gasteiger partial charge on any atom is -0.310 e. The van der Waals surface area contributed by atoms with Crippen LogP contribution in [-0.4, -0.2) is 4.57 Å². The van der Waals surface area contributed by atoms with Crippen LogP contribution in [0.2, 0.25) is 0 Å². The van der Waals surface area contributed by atoms with E-state index in [9.17, 15) is 0 Å². The zero-order chi connectivity index (χ0) is 50.7. The molecule has 0 spiro atoms. The first kappa shape index (κ1) is 44.6. The molecule has 2 heteroatoms. The van der Waals surface area contributed by atoms with Gasteiger partial charge in [0.05, 0.1) is 22.1 Å². The third-order valence-electron chi connectivity index (χ3n) is 18.8. The van der Waals surface area contributed by atoms with Crippen LogP contribution in [0.3, 0.4) is 0 Å². The lowest BCUT2D eigenvalue weighted by molar-refractivity contribution is -0.00522. The van der Waals surface area contributed by atoms with Crippen LogP contribution in [-0.2, 0) is 10.8 Å². The van der Waals surface area contributed by atoms with E-state index in [-0.39, 0.29) is 5.41 Å². The number of nitrogens with zero attached hydrogens (tertiary/aromatic N) is 2. The standard InChI is InChI=1S/C75H58N2/c1-4-19-53(20-5-1)61-32-16-21-54-22-17-33-67(73(54)61)66-31-12-13-34-70(66)76(58-27-18-28-59(45-58)77-71-35-14-10-29-64(71)65-30-11-15-36-72(65)77)60-38-40-63-62-39-37-57(74-47-50-41-51(48-74)43-52(42-50)49-74)44-68(62)75(69(63)46-60,55-23-6-2-7-24-55)56-25-8-3-9-26-56/h1-40,44-46,50-52H,41-43,47-49H2. The normalized spacial score (nSPS) is 19.7. The van der Waals surface area contributed by atoms with Crippen LogP contribution in [0, 0.1) is 17.8 Å². The molecule has 5 aliphatic rings. The van der Waals surface area contributed by atoms with Gasteiger partial charge in [-0.25, -0.2) is 0 Å². The van der Waals surface area contributed by atoms with Gasteiger partial charge < -0.3 is 9.47 Å². The summed E-state index contributed by atoms with van der Waals surface area (Å²) < 4.78 is 2.45. The molecule has 17 rings (SSSR count). The Labute approximate surface area is 451 Å². The van der Waals surface area contributed by atoms with E-state index in [1.807, 2.05) is 0 Å². The van der Waals surface area contributed by atoms with Crippen LogP contribution in [0.5, 0.6) is 0 Å². The molecular weight excluding hydrogens is 929 g/mol. The second-order valence-corrected chi connectivity index (χ2v) is 23.0. The molecule has 0 amide bonds. The van der Waals surface area contributed by atoms with Crippen molar-refractivity contribution in [1.29, 1.82) is 0 Å². The van der Waals surface area contributed by atoms with Gasteiger partial charge in [-0.05, 0) is 177 Å². The van der Waals surface area contributed by atoms with Crippen molar-refractivity contribution in [1.82, 2.24) is 4.57 Å². The average Bonchev–Trinajstić information content (AvgIpc) is 4.18. The second kappa shape index (κ2) is 17.4. The van der Waals surface area contributed by atoms with Gasteiger partial charge >= 0.3 is 0 Å². The fourth-order valence-electron chi connectivity index (χ4n) is 16.1. The monoisotopic (exact) mass is 986 g/mol. The van der Waals surface area contributed by atoms with Crippen LogP contribution < -0.4 is 4.90 Å². The smallest absolute Gasteiger partial charge is 0.0714 e. The molecule has 0 aliphatic heterocycles. The number of hydrogen-bond acceptors (Lipinski definition) is 1. The summed E-state index contributed by atoms with van der Waals surface area (Å²) >= 11 is 0. The summed E-state index contributed by atoms with van der Waals surface area (Å²) in [5.41, 5.74) is 20.9. The van der Waals surface area contributed by atoms with E-state index in [1.165, 1.54) is 127 Å². The maximum absolute atomic E-state index is 2.72. The topological polar surface area (TPSA) is 8.17 Å². The Morgan fingerprint density at radius 1 is 0.364 bits per heavy atom. The van der Waals surface area contributed by atoms with Gasteiger partial charge in [-0.1, -0.05) is 212 Å². The van der Waals surface area contributed by atoms with Gasteiger partial charge in [-0.3, -0.25) is 0 Å². The highest BCUT2D eigenvalue weighted by Gasteiger charge is 2.53. The minimum atomic E-state index is -0.572. The van der Waals surface area contributed by atoms with Crippen molar-refractivity contribution in [2.75, 3.05) is 4.90 Å². The molecule has 0 atom stereocenters. The Morgan fingerprint density at radius 3 is 1.55 bits per heavy atom. The van der Waals surface area contributed by atoms with Crippen LogP contribution in [0.25, 0.3) is 71.6 Å². The Bertz CT molecular complexity index is 4130. The van der Waals surface area contributed by atoms with E-state index >= 15 is 0 Å². The molecule has 4 saturated carbocycles. The summed E-state index contributed by atoms with van der Waals surface area (Å²) in [6, 6.07) is 98.7. The molecule has 0 N–H and O–H groups in total. The van der Waals surface area contributed by atoms with E-state index in [0.29, 0.717) is 0 Å². The maximum atomic E-state index is 2.72. The van der Waals surface area contributed by atoms with Gasteiger partial charge in [0.2, 0.25) is 0 Å². The molecule has 1 aromatic heterocycles. The van der Waals surface area contributed by atoms with E-state index in [1.54, 1.807) is 5.56 Å². The van der Waals surface area contributed by atoms with Crippen LogP contribution >= 0.6 is 0 Å². The number of aromatic nitrogens is 1. The van der Waals surface area contributed by atoms with Crippen molar-refractivity contribution in [3.8, 4) is 39.1 Å². The third-order valence-corrected chi connectivity index (χ3v) is 18.8. The first-order chi connectivity index (χ1) is 38.1. The molecule has 0 saturated heterocycles. The molecule has 368 valence electrons. The lowest BCUT2D eigenvalue weighted by Gasteiger charge is -2.57. The number of rotatable bonds is 9. The lowest BCUT2D eigenvalue weighted by Crippen LogP contribution is -2.48. The summed E-state index contributed by atoms with van der Waals surface area (Å²) in [5.74, 6) is 2.59. The third kappa shape index (κ3) is 6.80. The van der Waals surface area contributed by atoms with Crippen LogP contribution in [0.1, 0.15) is 66.3 Å². The fourth-order valence-corrected chi connectivity index (χ4v) is 16.1. The molecular formula is C75H58N2. The van der Waals surface area contributed by atoms with Gasteiger partial charge in [0.1, 0.15) is 0 Å². The number of benzene rings is 11. The van der Waals surface area contributed by atoms with Crippen molar-refractivity contribution >= 4 is 49.6 Å². The lowest BCUT2D eigenvalue weighted by atomic mass is 9.48. The molecule has 0 unspecified atom stereocenters.